The Balaban J connectivity index is 1.42. The van der Waals surface area contributed by atoms with Crippen LogP contribution in [0.25, 0.3) is 22.9 Å². The Hall–Kier alpha value is -4.07. The van der Waals surface area contributed by atoms with Crippen LogP contribution < -0.4 is 5.11 Å². The maximum absolute atomic E-state index is 13.7. The minimum Gasteiger partial charge on any atom is -0.550 e. The zero-order chi connectivity index (χ0) is 28.1. The molecule has 0 saturated carbocycles. The Morgan fingerprint density at radius 3 is 2.42 bits per heavy atom. The van der Waals surface area contributed by atoms with Gasteiger partial charge in [0, 0.05) is 30.3 Å². The summed E-state index contributed by atoms with van der Waals surface area (Å²) >= 11 is 0. The molecule has 1 aromatic heterocycles. The number of carbonyl (C=O) groups is 1. The van der Waals surface area contributed by atoms with Crippen molar-refractivity contribution in [2.75, 3.05) is 0 Å². The lowest BCUT2D eigenvalue weighted by Gasteiger charge is -2.21. The van der Waals surface area contributed by atoms with Crippen molar-refractivity contribution >= 4 is 12.0 Å². The van der Waals surface area contributed by atoms with Gasteiger partial charge in [-0.25, -0.2) is 9.07 Å². The highest BCUT2D eigenvalue weighted by Gasteiger charge is 2.28. The van der Waals surface area contributed by atoms with Gasteiger partial charge in [0.25, 0.3) is 0 Å². The maximum atomic E-state index is 13.7. The molecule has 0 spiro atoms. The molecular formula is C33H32FN2O4-. The third-order valence-electron chi connectivity index (χ3n) is 7.43. The van der Waals surface area contributed by atoms with Crippen LogP contribution in [0.2, 0.25) is 0 Å². The van der Waals surface area contributed by atoms with E-state index in [4.69, 9.17) is 5.10 Å². The van der Waals surface area contributed by atoms with Gasteiger partial charge in [0.05, 0.1) is 29.3 Å². The van der Waals surface area contributed by atoms with E-state index in [0.717, 1.165) is 42.6 Å². The first-order valence-corrected chi connectivity index (χ1v) is 13.6. The molecule has 0 fully saturated rings. The Morgan fingerprint density at radius 2 is 1.73 bits per heavy atom. The van der Waals surface area contributed by atoms with Crippen molar-refractivity contribution in [2.24, 2.45) is 0 Å². The van der Waals surface area contributed by atoms with Gasteiger partial charge in [0.1, 0.15) is 5.82 Å². The number of carbonyl (C=O) groups excluding carboxylic acids is 1. The number of hydrogen-bond acceptors (Lipinski definition) is 5. The first kappa shape index (κ1) is 27.5. The highest BCUT2D eigenvalue weighted by molar-refractivity contribution is 5.65. The van der Waals surface area contributed by atoms with E-state index in [1.807, 2.05) is 18.2 Å². The lowest BCUT2D eigenvalue weighted by molar-refractivity contribution is -0.307. The van der Waals surface area contributed by atoms with Gasteiger partial charge in [-0.1, -0.05) is 60.7 Å². The minimum atomic E-state index is -1.37. The number of benzene rings is 3. The molecule has 206 valence electrons. The maximum Gasteiger partial charge on any atom is 0.123 e. The zero-order valence-electron chi connectivity index (χ0n) is 22.1. The van der Waals surface area contributed by atoms with Crippen molar-refractivity contribution in [2.45, 2.75) is 56.7 Å². The molecule has 0 amide bonds. The number of aliphatic hydroxyl groups is 2. The third-order valence-corrected chi connectivity index (χ3v) is 7.43. The lowest BCUT2D eigenvalue weighted by Crippen LogP contribution is -2.29. The zero-order valence-corrected chi connectivity index (χ0v) is 22.1. The summed E-state index contributed by atoms with van der Waals surface area (Å²) in [4.78, 5) is 10.8. The summed E-state index contributed by atoms with van der Waals surface area (Å²) in [6.45, 7) is 0. The smallest absolute Gasteiger partial charge is 0.123 e. The average Bonchev–Trinajstić information content (AvgIpc) is 3.32. The van der Waals surface area contributed by atoms with Gasteiger partial charge in [-0.2, -0.15) is 5.10 Å². The molecule has 6 nitrogen and oxygen atoms in total. The van der Waals surface area contributed by atoms with E-state index >= 15 is 0 Å². The molecule has 2 N–H and O–H groups in total. The molecule has 0 bridgehead atoms. The number of aromatic nitrogens is 2. The minimum absolute atomic E-state index is 0.126. The number of rotatable bonds is 10. The van der Waals surface area contributed by atoms with Gasteiger partial charge in [-0.15, -0.1) is 0 Å². The van der Waals surface area contributed by atoms with Crippen LogP contribution in [-0.4, -0.2) is 38.2 Å². The van der Waals surface area contributed by atoms with Crippen molar-refractivity contribution in [3.8, 4) is 16.8 Å². The fourth-order valence-corrected chi connectivity index (χ4v) is 5.46. The molecule has 0 saturated heterocycles. The second kappa shape index (κ2) is 12.4. The predicted molar refractivity (Wildman–Crippen MR) is 150 cm³/mol. The van der Waals surface area contributed by atoms with Gasteiger partial charge in [-0.05, 0) is 72.7 Å². The molecule has 1 aliphatic rings. The fourth-order valence-electron chi connectivity index (χ4n) is 5.46. The number of aliphatic carboxylic acids is 1. The van der Waals surface area contributed by atoms with Gasteiger partial charge in [0.15, 0.2) is 0 Å². The van der Waals surface area contributed by atoms with Gasteiger partial charge in [-0.3, -0.25) is 0 Å². The Labute approximate surface area is 233 Å². The topological polar surface area (TPSA) is 98.4 Å². The molecule has 7 heteroatoms. The molecule has 3 aromatic carbocycles. The second-order valence-electron chi connectivity index (χ2n) is 10.4. The fraction of sp³-hybridized carbons (Fsp3) is 0.273. The molecule has 1 heterocycles. The van der Waals surface area contributed by atoms with Crippen LogP contribution in [0.4, 0.5) is 4.39 Å². The van der Waals surface area contributed by atoms with E-state index in [9.17, 15) is 24.5 Å². The van der Waals surface area contributed by atoms with E-state index in [1.165, 1.54) is 28.8 Å². The highest BCUT2D eigenvalue weighted by atomic mass is 19.1. The quantitative estimate of drug-likeness (QED) is 0.307. The summed E-state index contributed by atoms with van der Waals surface area (Å²) in [7, 11) is 0. The number of halogens is 1. The monoisotopic (exact) mass is 539 g/mol. The third kappa shape index (κ3) is 6.55. The number of aliphatic hydroxyl groups excluding tert-OH is 2. The van der Waals surface area contributed by atoms with Crippen molar-refractivity contribution in [3.05, 3.63) is 113 Å². The summed E-state index contributed by atoms with van der Waals surface area (Å²) in [5.41, 5.74) is 7.15. The van der Waals surface area contributed by atoms with Crippen molar-refractivity contribution in [3.63, 3.8) is 0 Å². The molecule has 40 heavy (non-hydrogen) atoms. The summed E-state index contributed by atoms with van der Waals surface area (Å²) in [5.74, 6) is -1.50. The van der Waals surface area contributed by atoms with Gasteiger partial charge >= 0.3 is 0 Å². The van der Waals surface area contributed by atoms with Crippen LogP contribution in [0.15, 0.2) is 84.9 Å². The van der Waals surface area contributed by atoms with E-state index in [2.05, 4.69) is 36.4 Å². The molecule has 0 radical (unpaired) electrons. The number of hydrogen-bond donors (Lipinski definition) is 2. The molecule has 1 aliphatic carbocycles. The molecule has 0 aliphatic heterocycles. The lowest BCUT2D eigenvalue weighted by atomic mass is 9.82. The Bertz CT molecular complexity index is 1460. The van der Waals surface area contributed by atoms with Crippen LogP contribution in [0.1, 0.15) is 54.1 Å². The van der Waals surface area contributed by atoms with Gasteiger partial charge in [0.2, 0.25) is 0 Å². The molecular weight excluding hydrogens is 507 g/mol. The standard InChI is InChI=1S/C33H33FN2O4/c34-26-13-15-27(16-14-26)36-31(18-17-28(37)20-29(38)21-32(39)40)30-8-4-7-25(33(30)35-36)19-22-9-11-24(12-10-22)23-5-2-1-3-6-23/h1-3,5-6,9-18,25,28-29,37-38H,4,7-8,19-21H2,(H,39,40)/p-1/b18-17+/t25?,28-,29-/m1/s1. The summed E-state index contributed by atoms with van der Waals surface area (Å²) in [6, 6.07) is 25.0. The summed E-state index contributed by atoms with van der Waals surface area (Å²) in [6.07, 6.45) is 4.03. The van der Waals surface area contributed by atoms with E-state index < -0.39 is 24.6 Å². The van der Waals surface area contributed by atoms with Crippen LogP contribution in [0.5, 0.6) is 0 Å². The molecule has 4 aromatic rings. The van der Waals surface area contributed by atoms with Crippen LogP contribution in [0.3, 0.4) is 0 Å². The number of carboxylic acids is 1. The van der Waals surface area contributed by atoms with Crippen molar-refractivity contribution < 1.29 is 24.5 Å². The SMILES string of the molecule is O=C([O-])C[C@H](O)C[C@H](O)/C=C/c1c2c(nn1-c1ccc(F)cc1)C(Cc1ccc(-c3ccccc3)cc1)CCC2. The van der Waals surface area contributed by atoms with E-state index in [1.54, 1.807) is 29.0 Å². The summed E-state index contributed by atoms with van der Waals surface area (Å²) in [5, 5.41) is 36.1. The molecule has 3 atom stereocenters. The highest BCUT2D eigenvalue weighted by Crippen LogP contribution is 2.37. The predicted octanol–water partition coefficient (Wildman–Crippen LogP) is 4.61. The number of carboxylic acid groups (broad SMARTS) is 1. The number of fused-ring (bicyclic) bond motifs is 1. The van der Waals surface area contributed by atoms with Crippen molar-refractivity contribution in [1.82, 2.24) is 9.78 Å². The van der Waals surface area contributed by atoms with Crippen LogP contribution in [-0.2, 0) is 17.6 Å². The van der Waals surface area contributed by atoms with Crippen LogP contribution >= 0.6 is 0 Å². The molecule has 1 unspecified atom stereocenters. The number of nitrogens with zero attached hydrogens (tertiary/aromatic N) is 2. The summed E-state index contributed by atoms with van der Waals surface area (Å²) < 4.78 is 15.5. The first-order chi connectivity index (χ1) is 19.4. The van der Waals surface area contributed by atoms with E-state index in [-0.39, 0.29) is 18.2 Å². The average molecular weight is 540 g/mol. The van der Waals surface area contributed by atoms with Crippen molar-refractivity contribution in [1.29, 1.82) is 0 Å². The van der Waals surface area contributed by atoms with E-state index in [0.29, 0.717) is 5.69 Å². The van der Waals surface area contributed by atoms with Gasteiger partial charge < -0.3 is 20.1 Å². The Morgan fingerprint density at radius 1 is 1.02 bits per heavy atom. The largest absolute Gasteiger partial charge is 0.550 e. The second-order valence-corrected chi connectivity index (χ2v) is 10.4. The normalized spacial score (nSPS) is 16.5. The first-order valence-electron chi connectivity index (χ1n) is 13.6. The van der Waals surface area contributed by atoms with Crippen LogP contribution in [0, 0.1) is 5.82 Å². The molecule has 5 rings (SSSR count). The Kier molecular flexibility index (Phi) is 8.53.